The van der Waals surface area contributed by atoms with Gasteiger partial charge in [0.15, 0.2) is 5.92 Å². The highest BCUT2D eigenvalue weighted by molar-refractivity contribution is 5.95. The van der Waals surface area contributed by atoms with Gasteiger partial charge in [0.25, 0.3) is 0 Å². The average Bonchev–Trinajstić information content (AvgIpc) is 2.33. The van der Waals surface area contributed by atoms with Crippen LogP contribution in [0.3, 0.4) is 0 Å². The Morgan fingerprint density at radius 1 is 1.06 bits per heavy atom. The SMILES string of the molecule is CCCC=C(C)CC(C(=O)OCC)C(=O)OCC. The first-order chi connectivity index (χ1) is 8.56. The lowest BCUT2D eigenvalue weighted by molar-refractivity contribution is -0.161. The number of carbonyl (C=O) groups excluding carboxylic acids is 2. The highest BCUT2D eigenvalue weighted by Gasteiger charge is 2.29. The summed E-state index contributed by atoms with van der Waals surface area (Å²) in [5.74, 6) is -1.83. The zero-order valence-corrected chi connectivity index (χ0v) is 11.8. The number of esters is 2. The summed E-state index contributed by atoms with van der Waals surface area (Å²) < 4.78 is 9.82. The predicted octanol–water partition coefficient (Wildman–Crippen LogP) is 2.87. The van der Waals surface area contributed by atoms with Crippen LogP contribution in [-0.2, 0) is 19.1 Å². The molecule has 4 heteroatoms. The summed E-state index contributed by atoms with van der Waals surface area (Å²) in [6, 6.07) is 0. The number of unbranched alkanes of at least 4 members (excludes halogenated alkanes) is 1. The van der Waals surface area contributed by atoms with Gasteiger partial charge in [0.2, 0.25) is 0 Å². The monoisotopic (exact) mass is 256 g/mol. The third-order valence-electron chi connectivity index (χ3n) is 2.45. The number of hydrogen-bond acceptors (Lipinski definition) is 4. The second kappa shape index (κ2) is 9.68. The molecule has 0 atom stereocenters. The number of rotatable bonds is 8. The smallest absolute Gasteiger partial charge is 0.320 e. The summed E-state index contributed by atoms with van der Waals surface area (Å²) >= 11 is 0. The molecular formula is C14H24O4. The van der Waals surface area contributed by atoms with Crippen molar-refractivity contribution >= 4 is 11.9 Å². The van der Waals surface area contributed by atoms with Crippen LogP contribution in [0.4, 0.5) is 0 Å². The van der Waals surface area contributed by atoms with Crippen LogP contribution in [0.2, 0.25) is 0 Å². The van der Waals surface area contributed by atoms with E-state index in [1.165, 1.54) is 0 Å². The van der Waals surface area contributed by atoms with Gasteiger partial charge in [-0.1, -0.05) is 25.0 Å². The molecule has 0 spiro atoms. The Morgan fingerprint density at radius 2 is 1.56 bits per heavy atom. The fourth-order valence-electron chi connectivity index (χ4n) is 1.54. The van der Waals surface area contributed by atoms with Gasteiger partial charge in [-0.2, -0.15) is 0 Å². The van der Waals surface area contributed by atoms with Gasteiger partial charge in [-0.05, 0) is 33.6 Å². The molecule has 0 bridgehead atoms. The van der Waals surface area contributed by atoms with Gasteiger partial charge in [0.1, 0.15) is 0 Å². The van der Waals surface area contributed by atoms with Crippen LogP contribution < -0.4 is 0 Å². The minimum atomic E-state index is -0.835. The van der Waals surface area contributed by atoms with E-state index in [0.29, 0.717) is 6.42 Å². The first-order valence-electron chi connectivity index (χ1n) is 6.55. The second-order valence-corrected chi connectivity index (χ2v) is 4.10. The lowest BCUT2D eigenvalue weighted by Crippen LogP contribution is -2.28. The fraction of sp³-hybridized carbons (Fsp3) is 0.714. The summed E-state index contributed by atoms with van der Waals surface area (Å²) in [5.41, 5.74) is 1.02. The summed E-state index contributed by atoms with van der Waals surface area (Å²) in [4.78, 5) is 23.4. The van der Waals surface area contributed by atoms with Crippen molar-refractivity contribution in [2.75, 3.05) is 13.2 Å². The number of hydrogen-bond donors (Lipinski definition) is 0. The largest absolute Gasteiger partial charge is 0.465 e. The molecule has 104 valence electrons. The maximum Gasteiger partial charge on any atom is 0.320 e. The standard InChI is InChI=1S/C14H24O4/c1-5-8-9-11(4)10-12(13(15)17-6-2)14(16)18-7-3/h9,12H,5-8,10H2,1-4H3. The van der Waals surface area contributed by atoms with E-state index in [9.17, 15) is 9.59 Å². The quantitative estimate of drug-likeness (QED) is 0.380. The van der Waals surface area contributed by atoms with Crippen molar-refractivity contribution < 1.29 is 19.1 Å². The lowest BCUT2D eigenvalue weighted by atomic mass is 9.99. The molecule has 0 aromatic heterocycles. The molecule has 0 aromatic rings. The molecule has 0 rings (SSSR count). The van der Waals surface area contributed by atoms with Crippen molar-refractivity contribution in [1.29, 1.82) is 0 Å². The molecule has 0 radical (unpaired) electrons. The van der Waals surface area contributed by atoms with E-state index in [1.54, 1.807) is 13.8 Å². The van der Waals surface area contributed by atoms with Gasteiger partial charge in [-0.3, -0.25) is 9.59 Å². The van der Waals surface area contributed by atoms with Crippen molar-refractivity contribution in [2.45, 2.75) is 47.0 Å². The molecule has 0 aliphatic heterocycles. The number of allylic oxidation sites excluding steroid dienone is 2. The Bertz CT molecular complexity index is 276. The van der Waals surface area contributed by atoms with Crippen molar-refractivity contribution in [3.8, 4) is 0 Å². The summed E-state index contributed by atoms with van der Waals surface area (Å²) in [6.45, 7) is 7.98. The van der Waals surface area contributed by atoms with Crippen molar-refractivity contribution in [3.63, 3.8) is 0 Å². The molecule has 0 fully saturated rings. The van der Waals surface area contributed by atoms with E-state index in [4.69, 9.17) is 9.47 Å². The minimum Gasteiger partial charge on any atom is -0.465 e. The van der Waals surface area contributed by atoms with Crippen LogP contribution in [0.15, 0.2) is 11.6 Å². The third-order valence-corrected chi connectivity index (χ3v) is 2.45. The molecule has 0 amide bonds. The molecule has 0 aromatic carbocycles. The van der Waals surface area contributed by atoms with Crippen LogP contribution in [0.1, 0.15) is 47.0 Å². The Labute approximate surface area is 109 Å². The first-order valence-corrected chi connectivity index (χ1v) is 6.55. The van der Waals surface area contributed by atoms with Crippen LogP contribution in [0.5, 0.6) is 0 Å². The predicted molar refractivity (Wildman–Crippen MR) is 70.0 cm³/mol. The Morgan fingerprint density at radius 3 is 1.94 bits per heavy atom. The molecule has 0 unspecified atom stereocenters. The Hall–Kier alpha value is -1.32. The average molecular weight is 256 g/mol. The van der Waals surface area contributed by atoms with Crippen LogP contribution in [0, 0.1) is 5.92 Å². The molecule has 0 N–H and O–H groups in total. The molecule has 0 saturated carbocycles. The molecule has 18 heavy (non-hydrogen) atoms. The number of ether oxygens (including phenoxy) is 2. The molecular weight excluding hydrogens is 232 g/mol. The third kappa shape index (κ3) is 6.42. The van der Waals surface area contributed by atoms with Gasteiger partial charge in [0.05, 0.1) is 13.2 Å². The van der Waals surface area contributed by atoms with Gasteiger partial charge < -0.3 is 9.47 Å². The molecule has 0 aliphatic rings. The molecule has 0 aliphatic carbocycles. The van der Waals surface area contributed by atoms with E-state index in [-0.39, 0.29) is 13.2 Å². The van der Waals surface area contributed by atoms with Gasteiger partial charge in [-0.25, -0.2) is 0 Å². The summed E-state index contributed by atoms with van der Waals surface area (Å²) in [6.07, 6.45) is 4.41. The van der Waals surface area contributed by atoms with E-state index >= 15 is 0 Å². The van der Waals surface area contributed by atoms with E-state index in [1.807, 2.05) is 13.0 Å². The zero-order chi connectivity index (χ0) is 14.0. The van der Waals surface area contributed by atoms with Gasteiger partial charge in [-0.15, -0.1) is 0 Å². The maximum atomic E-state index is 11.7. The molecule has 0 saturated heterocycles. The van der Waals surface area contributed by atoms with Crippen molar-refractivity contribution in [1.82, 2.24) is 0 Å². The normalized spacial score (nSPS) is 11.5. The first kappa shape index (κ1) is 16.7. The minimum absolute atomic E-state index is 0.270. The Balaban J connectivity index is 4.65. The number of carbonyl (C=O) groups is 2. The van der Waals surface area contributed by atoms with Gasteiger partial charge >= 0.3 is 11.9 Å². The van der Waals surface area contributed by atoms with Crippen LogP contribution in [0.25, 0.3) is 0 Å². The van der Waals surface area contributed by atoms with E-state index in [0.717, 1.165) is 18.4 Å². The zero-order valence-electron chi connectivity index (χ0n) is 11.8. The van der Waals surface area contributed by atoms with Crippen LogP contribution in [-0.4, -0.2) is 25.2 Å². The summed E-state index contributed by atoms with van der Waals surface area (Å²) in [5, 5.41) is 0. The van der Waals surface area contributed by atoms with Crippen LogP contribution >= 0.6 is 0 Å². The van der Waals surface area contributed by atoms with E-state index in [2.05, 4.69) is 6.92 Å². The van der Waals surface area contributed by atoms with E-state index < -0.39 is 17.9 Å². The highest BCUT2D eigenvalue weighted by atomic mass is 16.6. The molecule has 4 nitrogen and oxygen atoms in total. The highest BCUT2D eigenvalue weighted by Crippen LogP contribution is 2.16. The molecule has 0 heterocycles. The summed E-state index contributed by atoms with van der Waals surface area (Å²) in [7, 11) is 0. The Kier molecular flexibility index (Phi) is 8.97. The second-order valence-electron chi connectivity index (χ2n) is 4.10. The lowest BCUT2D eigenvalue weighted by Gasteiger charge is -2.14. The fourth-order valence-corrected chi connectivity index (χ4v) is 1.54. The van der Waals surface area contributed by atoms with Gasteiger partial charge in [0, 0.05) is 0 Å². The van der Waals surface area contributed by atoms with Crippen molar-refractivity contribution in [2.24, 2.45) is 5.92 Å². The van der Waals surface area contributed by atoms with Crippen molar-refractivity contribution in [3.05, 3.63) is 11.6 Å². The topological polar surface area (TPSA) is 52.6 Å². The maximum absolute atomic E-state index is 11.7.